The molecule has 0 bridgehead atoms. The van der Waals surface area contributed by atoms with Crippen LogP contribution in [0.2, 0.25) is 0 Å². The van der Waals surface area contributed by atoms with Gasteiger partial charge in [-0.3, -0.25) is 18.6 Å². The summed E-state index contributed by atoms with van der Waals surface area (Å²) in [6.45, 7) is 9.06. The van der Waals surface area contributed by atoms with E-state index in [2.05, 4.69) is 27.0 Å². The van der Waals surface area contributed by atoms with Crippen molar-refractivity contribution in [2.45, 2.75) is 23.9 Å². The molecule has 1 unspecified atom stereocenters. The molecule has 3 heterocycles. The maximum Gasteiger partial charge on any atom is 0.263 e. The molecule has 4 aromatic rings. The third-order valence-corrected chi connectivity index (χ3v) is 7.00. The average Bonchev–Trinajstić information content (AvgIpc) is 3.31. The quantitative estimate of drug-likeness (QED) is 0.314. The first kappa shape index (κ1) is 23.1. The first-order valence-electron chi connectivity index (χ1n) is 11.4. The van der Waals surface area contributed by atoms with Gasteiger partial charge >= 0.3 is 0 Å². The first-order chi connectivity index (χ1) is 17.1. The average molecular weight is 491 g/mol. The van der Waals surface area contributed by atoms with Crippen LogP contribution in [0.25, 0.3) is 16.7 Å². The molecule has 0 spiro atoms. The lowest BCUT2D eigenvalue weighted by Gasteiger charge is -2.28. The van der Waals surface area contributed by atoms with E-state index in [1.807, 2.05) is 53.8 Å². The van der Waals surface area contributed by atoms with E-state index in [-0.39, 0.29) is 11.5 Å². The minimum Gasteiger partial charge on any atom is -0.378 e. The summed E-state index contributed by atoms with van der Waals surface area (Å²) in [5.74, 6) is 0.275. The van der Waals surface area contributed by atoms with Crippen molar-refractivity contribution in [3.05, 3.63) is 71.5 Å². The van der Waals surface area contributed by atoms with E-state index < -0.39 is 5.25 Å². The van der Waals surface area contributed by atoms with Gasteiger partial charge in [0.05, 0.1) is 29.4 Å². The Hall–Kier alpha value is -3.63. The Kier molecular flexibility index (Phi) is 6.56. The monoisotopic (exact) mass is 490 g/mol. The third-order valence-electron chi connectivity index (χ3n) is 5.95. The molecular formula is C25H26N6O3S. The molecule has 0 saturated carbocycles. The van der Waals surface area contributed by atoms with Gasteiger partial charge in [0.2, 0.25) is 11.7 Å². The highest BCUT2D eigenvalue weighted by Crippen LogP contribution is 2.26. The van der Waals surface area contributed by atoms with E-state index in [9.17, 15) is 9.59 Å². The zero-order valence-corrected chi connectivity index (χ0v) is 20.2. The Morgan fingerprint density at radius 2 is 1.91 bits per heavy atom. The van der Waals surface area contributed by atoms with Gasteiger partial charge in [0.1, 0.15) is 0 Å². The Morgan fingerprint density at radius 1 is 1.17 bits per heavy atom. The number of nitrogens with zero attached hydrogens (tertiary/aromatic N) is 5. The van der Waals surface area contributed by atoms with Gasteiger partial charge in [-0.05, 0) is 43.3 Å². The van der Waals surface area contributed by atoms with E-state index in [1.165, 1.54) is 16.3 Å². The fraction of sp³-hybridized carbons (Fsp3) is 0.280. The molecule has 9 nitrogen and oxygen atoms in total. The number of hydrogen-bond acceptors (Lipinski definition) is 7. The standard InChI is InChI=1S/C25H26N6O3S/c1-3-12-30-23(33)20-6-4-5-7-21(20)31-24(30)27-28-25(31)35-17(2)22(32)26-18-8-10-19(11-9-18)29-13-15-34-16-14-29/h3-11,17H,1,12-16H2,2H3,(H,26,32). The summed E-state index contributed by atoms with van der Waals surface area (Å²) in [4.78, 5) is 28.2. The van der Waals surface area contributed by atoms with Gasteiger partial charge in [0.15, 0.2) is 5.16 Å². The zero-order chi connectivity index (χ0) is 24.4. The molecule has 1 aliphatic rings. The number of aromatic nitrogens is 4. The van der Waals surface area contributed by atoms with Gasteiger partial charge in [-0.1, -0.05) is 30.0 Å². The van der Waals surface area contributed by atoms with Gasteiger partial charge < -0.3 is 15.0 Å². The van der Waals surface area contributed by atoms with Crippen LogP contribution >= 0.6 is 11.8 Å². The summed E-state index contributed by atoms with van der Waals surface area (Å²) in [7, 11) is 0. The fourth-order valence-electron chi connectivity index (χ4n) is 4.14. The number of benzene rings is 2. The predicted octanol–water partition coefficient (Wildman–Crippen LogP) is 3.19. The van der Waals surface area contributed by atoms with Crippen molar-refractivity contribution in [1.82, 2.24) is 19.2 Å². The number of fused-ring (bicyclic) bond motifs is 3. The molecule has 180 valence electrons. The molecule has 1 atom stereocenters. The van der Waals surface area contributed by atoms with Crippen LogP contribution in [0.5, 0.6) is 0 Å². The second-order valence-corrected chi connectivity index (χ2v) is 9.54. The Bertz CT molecular complexity index is 1440. The molecule has 1 amide bonds. The van der Waals surface area contributed by atoms with Crippen LogP contribution in [0.15, 0.2) is 71.1 Å². The Labute approximate surface area is 206 Å². The second-order valence-electron chi connectivity index (χ2n) is 8.24. The van der Waals surface area contributed by atoms with E-state index >= 15 is 0 Å². The van der Waals surface area contributed by atoms with Crippen molar-refractivity contribution in [2.75, 3.05) is 36.5 Å². The van der Waals surface area contributed by atoms with Crippen LogP contribution < -0.4 is 15.8 Å². The highest BCUT2D eigenvalue weighted by molar-refractivity contribution is 8.00. The number of morpholine rings is 1. The fourth-order valence-corrected chi connectivity index (χ4v) is 4.99. The van der Waals surface area contributed by atoms with Crippen molar-refractivity contribution in [3.63, 3.8) is 0 Å². The molecule has 5 rings (SSSR count). The summed E-state index contributed by atoms with van der Waals surface area (Å²) in [6.07, 6.45) is 1.65. The van der Waals surface area contributed by atoms with Crippen LogP contribution in [0, 0.1) is 0 Å². The van der Waals surface area contributed by atoms with Gasteiger partial charge in [0.25, 0.3) is 5.56 Å². The largest absolute Gasteiger partial charge is 0.378 e. The van der Waals surface area contributed by atoms with Crippen molar-refractivity contribution in [1.29, 1.82) is 0 Å². The molecule has 1 fully saturated rings. The van der Waals surface area contributed by atoms with Crippen LogP contribution in [0.4, 0.5) is 11.4 Å². The van der Waals surface area contributed by atoms with Crippen LogP contribution in [-0.2, 0) is 16.1 Å². The highest BCUT2D eigenvalue weighted by Gasteiger charge is 2.21. The van der Waals surface area contributed by atoms with Gasteiger partial charge in [-0.25, -0.2) is 0 Å². The SMILES string of the molecule is C=CCn1c(=O)c2ccccc2n2c(SC(C)C(=O)Nc3ccc(N4CCOCC4)cc3)nnc12. The van der Waals surface area contributed by atoms with Crippen LogP contribution in [0.1, 0.15) is 6.92 Å². The number of carbonyl (C=O) groups excluding carboxylic acids is 1. The lowest BCUT2D eigenvalue weighted by Crippen LogP contribution is -2.36. The number of amides is 1. The molecule has 10 heteroatoms. The minimum absolute atomic E-state index is 0.144. The molecule has 2 aromatic carbocycles. The third kappa shape index (κ3) is 4.54. The number of ether oxygens (including phenoxy) is 1. The van der Waals surface area contributed by atoms with Gasteiger partial charge in [0, 0.05) is 31.0 Å². The maximum absolute atomic E-state index is 13.0. The van der Waals surface area contributed by atoms with Crippen LogP contribution in [-0.4, -0.2) is 56.6 Å². The molecular weight excluding hydrogens is 464 g/mol. The lowest BCUT2D eigenvalue weighted by atomic mass is 10.2. The smallest absolute Gasteiger partial charge is 0.263 e. The number of carbonyl (C=O) groups is 1. The zero-order valence-electron chi connectivity index (χ0n) is 19.4. The number of nitrogens with one attached hydrogen (secondary N) is 1. The molecule has 1 saturated heterocycles. The number of hydrogen-bond donors (Lipinski definition) is 1. The topological polar surface area (TPSA) is 93.8 Å². The van der Waals surface area contributed by atoms with E-state index in [4.69, 9.17) is 4.74 Å². The van der Waals surface area contributed by atoms with E-state index in [0.29, 0.717) is 28.4 Å². The van der Waals surface area contributed by atoms with Gasteiger partial charge in [-0.2, -0.15) is 0 Å². The van der Waals surface area contributed by atoms with Crippen molar-refractivity contribution in [2.24, 2.45) is 0 Å². The summed E-state index contributed by atoms with van der Waals surface area (Å²) in [5, 5.41) is 12.2. The first-order valence-corrected chi connectivity index (χ1v) is 12.3. The Morgan fingerprint density at radius 3 is 2.66 bits per heavy atom. The summed E-state index contributed by atoms with van der Waals surface area (Å²) >= 11 is 1.29. The maximum atomic E-state index is 13.0. The number of anilines is 2. The highest BCUT2D eigenvalue weighted by atomic mass is 32.2. The summed E-state index contributed by atoms with van der Waals surface area (Å²) in [6, 6.07) is 15.2. The van der Waals surface area contributed by atoms with Crippen molar-refractivity contribution >= 4 is 45.7 Å². The second kappa shape index (κ2) is 9.93. The number of para-hydroxylation sites is 1. The molecule has 0 radical (unpaired) electrons. The molecule has 1 aliphatic heterocycles. The molecule has 35 heavy (non-hydrogen) atoms. The molecule has 1 N–H and O–H groups in total. The number of rotatable bonds is 7. The summed E-state index contributed by atoms with van der Waals surface area (Å²) < 4.78 is 8.77. The van der Waals surface area contributed by atoms with E-state index in [0.717, 1.165) is 37.7 Å². The minimum atomic E-state index is -0.445. The van der Waals surface area contributed by atoms with E-state index in [1.54, 1.807) is 12.1 Å². The normalized spacial score (nSPS) is 14.8. The molecule has 2 aromatic heterocycles. The lowest BCUT2D eigenvalue weighted by molar-refractivity contribution is -0.115. The van der Waals surface area contributed by atoms with Crippen molar-refractivity contribution in [3.8, 4) is 0 Å². The predicted molar refractivity (Wildman–Crippen MR) is 138 cm³/mol. The number of thioether (sulfide) groups is 1. The Balaban J connectivity index is 1.37. The number of allylic oxidation sites excluding steroid dienone is 1. The van der Waals surface area contributed by atoms with Crippen LogP contribution in [0.3, 0.4) is 0 Å². The molecule has 0 aliphatic carbocycles. The van der Waals surface area contributed by atoms with Gasteiger partial charge in [-0.15, -0.1) is 16.8 Å². The van der Waals surface area contributed by atoms with Crippen molar-refractivity contribution < 1.29 is 9.53 Å². The summed E-state index contributed by atoms with van der Waals surface area (Å²) in [5.41, 5.74) is 2.40.